The molecule has 8 nitrogen and oxygen atoms in total. The first-order valence-electron chi connectivity index (χ1n) is 7.47. The molecule has 0 spiro atoms. The van der Waals surface area contributed by atoms with Gasteiger partial charge in [0.05, 0.1) is 4.92 Å². The Hall–Kier alpha value is -3.37. The van der Waals surface area contributed by atoms with Crippen LogP contribution in [0.15, 0.2) is 35.3 Å². The standard InChI is InChI=1S/C16H13F3N2O6/c1-8(4-9-5-12(16(17,18)19)14(22)20-7-9)11-6-10(21(25)26)2-3-13(11)27-15(23)24/h2-3,5-8H,4H2,1H3,(H,20,22)(H,23,24). The molecule has 0 aliphatic heterocycles. The van der Waals surface area contributed by atoms with Crippen molar-refractivity contribution in [2.75, 3.05) is 0 Å². The lowest BCUT2D eigenvalue weighted by Gasteiger charge is -2.16. The summed E-state index contributed by atoms with van der Waals surface area (Å²) in [5.74, 6) is -0.813. The number of alkyl halides is 3. The lowest BCUT2D eigenvalue weighted by Crippen LogP contribution is -2.21. The van der Waals surface area contributed by atoms with E-state index in [-0.39, 0.29) is 29.0 Å². The SMILES string of the molecule is CC(Cc1c[nH]c(=O)c(C(F)(F)F)c1)c1cc([N+](=O)[O-])ccc1OC(=O)O. The molecule has 0 saturated carbocycles. The van der Waals surface area contributed by atoms with E-state index in [1.807, 2.05) is 4.98 Å². The first kappa shape index (κ1) is 19.9. The van der Waals surface area contributed by atoms with Crippen LogP contribution in [-0.2, 0) is 12.6 Å². The third kappa shape index (κ3) is 4.84. The Labute approximate surface area is 149 Å². The third-order valence-corrected chi connectivity index (χ3v) is 3.74. The number of rotatable bonds is 5. The van der Waals surface area contributed by atoms with Crippen LogP contribution in [0.1, 0.15) is 29.5 Å². The fourth-order valence-electron chi connectivity index (χ4n) is 2.54. The van der Waals surface area contributed by atoms with Gasteiger partial charge in [-0.25, -0.2) is 4.79 Å². The zero-order valence-corrected chi connectivity index (χ0v) is 13.7. The van der Waals surface area contributed by atoms with Gasteiger partial charge in [-0.1, -0.05) is 6.92 Å². The van der Waals surface area contributed by atoms with Gasteiger partial charge in [0, 0.05) is 23.9 Å². The molecular formula is C16H13F3N2O6. The second kappa shape index (κ2) is 7.48. The van der Waals surface area contributed by atoms with Crippen molar-refractivity contribution in [2.24, 2.45) is 0 Å². The number of halogens is 3. The van der Waals surface area contributed by atoms with Gasteiger partial charge in [0.15, 0.2) is 0 Å². The van der Waals surface area contributed by atoms with Crippen molar-refractivity contribution in [3.8, 4) is 5.75 Å². The Morgan fingerprint density at radius 2 is 2.04 bits per heavy atom. The second-order valence-corrected chi connectivity index (χ2v) is 5.70. The van der Waals surface area contributed by atoms with Crippen LogP contribution in [0.4, 0.5) is 23.7 Å². The number of nitro benzene ring substituents is 1. The van der Waals surface area contributed by atoms with Crippen LogP contribution in [0, 0.1) is 10.1 Å². The molecular weight excluding hydrogens is 373 g/mol. The quantitative estimate of drug-likeness (QED) is 0.350. The van der Waals surface area contributed by atoms with Gasteiger partial charge < -0.3 is 14.8 Å². The van der Waals surface area contributed by atoms with E-state index >= 15 is 0 Å². The summed E-state index contributed by atoms with van der Waals surface area (Å²) in [5, 5.41) is 19.7. The molecule has 0 bridgehead atoms. The van der Waals surface area contributed by atoms with Crippen molar-refractivity contribution in [3.63, 3.8) is 0 Å². The van der Waals surface area contributed by atoms with Gasteiger partial charge in [-0.05, 0) is 30.0 Å². The highest BCUT2D eigenvalue weighted by molar-refractivity contribution is 5.63. The Balaban J connectivity index is 2.41. The van der Waals surface area contributed by atoms with Crippen LogP contribution in [0.25, 0.3) is 0 Å². The molecule has 0 radical (unpaired) electrons. The van der Waals surface area contributed by atoms with Crippen molar-refractivity contribution >= 4 is 11.8 Å². The predicted octanol–water partition coefficient (Wildman–Crippen LogP) is 3.70. The molecule has 144 valence electrons. The maximum Gasteiger partial charge on any atom is 0.511 e. The number of aromatic amines is 1. The van der Waals surface area contributed by atoms with Gasteiger partial charge in [0.1, 0.15) is 11.3 Å². The normalized spacial score (nSPS) is 12.4. The highest BCUT2D eigenvalue weighted by atomic mass is 19.4. The van der Waals surface area contributed by atoms with Crippen LogP contribution >= 0.6 is 0 Å². The molecule has 1 heterocycles. The zero-order valence-electron chi connectivity index (χ0n) is 13.7. The number of non-ortho nitro benzene ring substituents is 1. The van der Waals surface area contributed by atoms with Crippen LogP contribution in [0.5, 0.6) is 5.75 Å². The molecule has 11 heteroatoms. The Kier molecular flexibility index (Phi) is 5.52. The number of hydrogen-bond donors (Lipinski definition) is 2. The number of H-pyrrole nitrogens is 1. The lowest BCUT2D eigenvalue weighted by molar-refractivity contribution is -0.385. The number of nitrogens with zero attached hydrogens (tertiary/aromatic N) is 1. The number of hydrogen-bond acceptors (Lipinski definition) is 5. The van der Waals surface area contributed by atoms with E-state index in [1.54, 1.807) is 0 Å². The maximum atomic E-state index is 12.9. The highest BCUT2D eigenvalue weighted by Gasteiger charge is 2.34. The number of nitro groups is 1. The van der Waals surface area contributed by atoms with E-state index < -0.39 is 34.3 Å². The summed E-state index contributed by atoms with van der Waals surface area (Å²) in [6.07, 6.45) is -5.43. The summed E-state index contributed by atoms with van der Waals surface area (Å²) in [7, 11) is 0. The van der Waals surface area contributed by atoms with Crippen LogP contribution in [0.3, 0.4) is 0 Å². The lowest BCUT2D eigenvalue weighted by atomic mass is 9.92. The molecule has 0 fully saturated rings. The van der Waals surface area contributed by atoms with Crippen LogP contribution < -0.4 is 10.3 Å². The number of pyridine rings is 1. The topological polar surface area (TPSA) is 123 Å². The summed E-state index contributed by atoms with van der Waals surface area (Å²) >= 11 is 0. The fraction of sp³-hybridized carbons (Fsp3) is 0.250. The summed E-state index contributed by atoms with van der Waals surface area (Å²) in [4.78, 5) is 34.4. The molecule has 27 heavy (non-hydrogen) atoms. The van der Waals surface area contributed by atoms with Gasteiger partial charge in [-0.15, -0.1) is 0 Å². The predicted molar refractivity (Wildman–Crippen MR) is 85.9 cm³/mol. The number of aromatic nitrogens is 1. The number of carboxylic acid groups (broad SMARTS) is 1. The smallest absolute Gasteiger partial charge is 0.449 e. The number of ether oxygens (including phenoxy) is 1. The van der Waals surface area contributed by atoms with Crippen LogP contribution in [0.2, 0.25) is 0 Å². The van der Waals surface area contributed by atoms with Gasteiger partial charge in [-0.3, -0.25) is 14.9 Å². The molecule has 1 aromatic heterocycles. The Morgan fingerprint density at radius 1 is 1.37 bits per heavy atom. The first-order valence-corrected chi connectivity index (χ1v) is 7.47. The Bertz CT molecular complexity index is 938. The van der Waals surface area contributed by atoms with Crippen molar-refractivity contribution < 1.29 is 32.7 Å². The maximum absolute atomic E-state index is 12.9. The monoisotopic (exact) mass is 386 g/mol. The molecule has 2 aromatic rings. The molecule has 0 saturated heterocycles. The molecule has 0 amide bonds. The fourth-order valence-corrected chi connectivity index (χ4v) is 2.54. The summed E-state index contributed by atoms with van der Waals surface area (Å²) in [6, 6.07) is 3.94. The summed E-state index contributed by atoms with van der Waals surface area (Å²) in [5.41, 5.74) is -2.74. The molecule has 1 unspecified atom stereocenters. The molecule has 0 aliphatic rings. The van der Waals surface area contributed by atoms with Crippen molar-refractivity contribution in [1.82, 2.24) is 4.98 Å². The second-order valence-electron chi connectivity index (χ2n) is 5.70. The van der Waals surface area contributed by atoms with Gasteiger partial charge in [-0.2, -0.15) is 13.2 Å². The third-order valence-electron chi connectivity index (χ3n) is 3.74. The van der Waals surface area contributed by atoms with Crippen LogP contribution in [-0.4, -0.2) is 21.2 Å². The minimum atomic E-state index is -4.84. The Morgan fingerprint density at radius 3 is 2.59 bits per heavy atom. The molecule has 1 aromatic carbocycles. The largest absolute Gasteiger partial charge is 0.511 e. The molecule has 1 atom stereocenters. The van der Waals surface area contributed by atoms with E-state index in [9.17, 15) is 32.9 Å². The highest BCUT2D eigenvalue weighted by Crippen LogP contribution is 2.33. The molecule has 0 aliphatic carbocycles. The van der Waals surface area contributed by atoms with Crippen molar-refractivity contribution in [1.29, 1.82) is 0 Å². The average molecular weight is 386 g/mol. The number of carbonyl (C=O) groups is 1. The summed E-state index contributed by atoms with van der Waals surface area (Å²) < 4.78 is 43.2. The van der Waals surface area contributed by atoms with Gasteiger partial charge in [0.25, 0.3) is 11.2 Å². The average Bonchev–Trinajstić information content (AvgIpc) is 2.55. The van der Waals surface area contributed by atoms with Gasteiger partial charge in [0.2, 0.25) is 0 Å². The van der Waals surface area contributed by atoms with Crippen molar-refractivity contribution in [2.45, 2.75) is 25.4 Å². The summed E-state index contributed by atoms with van der Waals surface area (Å²) in [6.45, 7) is 1.53. The number of nitrogens with one attached hydrogen (secondary N) is 1. The van der Waals surface area contributed by atoms with E-state index in [0.717, 1.165) is 24.4 Å². The van der Waals surface area contributed by atoms with E-state index in [2.05, 4.69) is 4.74 Å². The minimum Gasteiger partial charge on any atom is -0.449 e. The van der Waals surface area contributed by atoms with Gasteiger partial charge >= 0.3 is 12.3 Å². The first-order chi connectivity index (χ1) is 12.5. The van der Waals surface area contributed by atoms with E-state index in [4.69, 9.17) is 5.11 Å². The van der Waals surface area contributed by atoms with E-state index in [1.165, 1.54) is 6.92 Å². The molecule has 2 rings (SSSR count). The zero-order chi connectivity index (χ0) is 20.4. The molecule has 2 N–H and O–H groups in total. The van der Waals surface area contributed by atoms with E-state index in [0.29, 0.717) is 6.07 Å². The number of benzene rings is 1. The van der Waals surface area contributed by atoms with Crippen molar-refractivity contribution in [3.05, 3.63) is 67.6 Å². The minimum absolute atomic E-state index is 0.0585.